The molecule has 2 heterocycles. The molecule has 0 amide bonds. The Labute approximate surface area is 136 Å². The van der Waals surface area contributed by atoms with Gasteiger partial charge in [-0.1, -0.05) is 0 Å². The maximum atomic E-state index is 5.55. The Morgan fingerprint density at radius 2 is 1.74 bits per heavy atom. The Balaban J connectivity index is 1.91. The Hall–Kier alpha value is -2.50. The van der Waals surface area contributed by atoms with Gasteiger partial charge in [0, 0.05) is 18.2 Å². The highest BCUT2D eigenvalue weighted by atomic mass is 16.5. The van der Waals surface area contributed by atoms with Crippen LogP contribution in [0, 0.1) is 0 Å². The van der Waals surface area contributed by atoms with Crippen molar-refractivity contribution in [2.75, 3.05) is 32.8 Å². The molecule has 122 valence electrons. The van der Waals surface area contributed by atoms with Crippen molar-refractivity contribution in [3.05, 3.63) is 36.2 Å². The third kappa shape index (κ3) is 3.02. The van der Waals surface area contributed by atoms with Crippen LogP contribution in [0.4, 0.5) is 5.95 Å². The molecule has 6 heteroatoms. The molecular formula is C17H21N3O3. The number of hydrogen-bond donors (Lipinski definition) is 0. The van der Waals surface area contributed by atoms with Crippen molar-refractivity contribution in [2.45, 2.75) is 18.9 Å². The van der Waals surface area contributed by atoms with E-state index in [4.69, 9.17) is 14.2 Å². The fourth-order valence-electron chi connectivity index (χ4n) is 2.99. The minimum atomic E-state index is 0.198. The molecular weight excluding hydrogens is 294 g/mol. The van der Waals surface area contributed by atoms with Crippen LogP contribution in [-0.2, 0) is 0 Å². The molecule has 6 nitrogen and oxygen atoms in total. The number of anilines is 1. The summed E-state index contributed by atoms with van der Waals surface area (Å²) in [4.78, 5) is 11.1. The Kier molecular flexibility index (Phi) is 4.50. The second-order valence-corrected chi connectivity index (χ2v) is 5.38. The maximum Gasteiger partial charge on any atom is 0.226 e. The van der Waals surface area contributed by atoms with Crippen molar-refractivity contribution in [1.29, 1.82) is 0 Å². The lowest BCUT2D eigenvalue weighted by Crippen LogP contribution is -2.25. The number of aromatic nitrogens is 2. The zero-order valence-electron chi connectivity index (χ0n) is 13.7. The van der Waals surface area contributed by atoms with E-state index >= 15 is 0 Å². The molecule has 0 N–H and O–H groups in total. The molecule has 23 heavy (non-hydrogen) atoms. The second-order valence-electron chi connectivity index (χ2n) is 5.38. The highest BCUT2D eigenvalue weighted by molar-refractivity contribution is 5.47. The van der Waals surface area contributed by atoms with Gasteiger partial charge in [-0.05, 0) is 25.0 Å². The van der Waals surface area contributed by atoms with E-state index in [1.807, 2.05) is 12.1 Å². The maximum absolute atomic E-state index is 5.55. The van der Waals surface area contributed by atoms with Gasteiger partial charge in [0.15, 0.2) is 5.75 Å². The summed E-state index contributed by atoms with van der Waals surface area (Å²) in [7, 11) is 4.95. The van der Waals surface area contributed by atoms with Crippen LogP contribution in [0.25, 0.3) is 0 Å². The predicted octanol–water partition coefficient (Wildman–Crippen LogP) is 2.84. The van der Waals surface area contributed by atoms with Crippen LogP contribution in [-0.4, -0.2) is 37.8 Å². The summed E-state index contributed by atoms with van der Waals surface area (Å²) in [6.07, 6.45) is 5.53. The summed E-state index contributed by atoms with van der Waals surface area (Å²) in [6.45, 7) is 0.923. The molecule has 1 unspecified atom stereocenters. The van der Waals surface area contributed by atoms with E-state index in [9.17, 15) is 0 Å². The fourth-order valence-corrected chi connectivity index (χ4v) is 2.99. The minimum absolute atomic E-state index is 0.198. The van der Waals surface area contributed by atoms with Crippen molar-refractivity contribution in [2.24, 2.45) is 0 Å². The summed E-state index contributed by atoms with van der Waals surface area (Å²) in [5, 5.41) is 0. The molecule has 1 atom stereocenters. The Morgan fingerprint density at radius 1 is 1.00 bits per heavy atom. The third-order valence-electron chi connectivity index (χ3n) is 4.16. The van der Waals surface area contributed by atoms with E-state index in [1.165, 1.54) is 0 Å². The molecule has 2 aromatic rings. The number of methoxy groups -OCH3 is 3. The zero-order valence-corrected chi connectivity index (χ0v) is 13.7. The molecule has 1 aliphatic heterocycles. The van der Waals surface area contributed by atoms with Gasteiger partial charge in [-0.15, -0.1) is 0 Å². The first-order valence-corrected chi connectivity index (χ1v) is 7.61. The lowest BCUT2D eigenvalue weighted by Gasteiger charge is -2.26. The van der Waals surface area contributed by atoms with E-state index in [0.717, 1.165) is 36.4 Å². The first kappa shape index (κ1) is 15.4. The Bertz CT molecular complexity index is 661. The number of benzene rings is 1. The second kappa shape index (κ2) is 6.73. The van der Waals surface area contributed by atoms with E-state index in [2.05, 4.69) is 20.9 Å². The molecule has 0 radical (unpaired) electrons. The predicted molar refractivity (Wildman–Crippen MR) is 87.5 cm³/mol. The SMILES string of the molecule is COc1cnc(N2CCCC2c2ccc(OC)cc2OC)nc1. The van der Waals surface area contributed by atoms with Gasteiger partial charge in [-0.25, -0.2) is 9.97 Å². The van der Waals surface area contributed by atoms with E-state index in [-0.39, 0.29) is 6.04 Å². The Morgan fingerprint density at radius 3 is 2.39 bits per heavy atom. The van der Waals surface area contributed by atoms with Gasteiger partial charge in [-0.3, -0.25) is 0 Å². The number of rotatable bonds is 5. The minimum Gasteiger partial charge on any atom is -0.497 e. The molecule has 0 spiro atoms. The summed E-state index contributed by atoms with van der Waals surface area (Å²) < 4.78 is 16.0. The van der Waals surface area contributed by atoms with E-state index in [0.29, 0.717) is 11.7 Å². The van der Waals surface area contributed by atoms with Gasteiger partial charge in [0.2, 0.25) is 5.95 Å². The monoisotopic (exact) mass is 315 g/mol. The largest absolute Gasteiger partial charge is 0.497 e. The van der Waals surface area contributed by atoms with Crippen LogP contribution in [0.15, 0.2) is 30.6 Å². The third-order valence-corrected chi connectivity index (χ3v) is 4.16. The van der Waals surface area contributed by atoms with Crippen LogP contribution in [0.3, 0.4) is 0 Å². The van der Waals surface area contributed by atoms with Gasteiger partial charge in [0.1, 0.15) is 11.5 Å². The van der Waals surface area contributed by atoms with Crippen LogP contribution < -0.4 is 19.1 Å². The van der Waals surface area contributed by atoms with Gasteiger partial charge in [0.25, 0.3) is 0 Å². The van der Waals surface area contributed by atoms with E-state index in [1.54, 1.807) is 33.7 Å². The van der Waals surface area contributed by atoms with Crippen molar-refractivity contribution >= 4 is 5.95 Å². The molecule has 1 aromatic carbocycles. The van der Waals surface area contributed by atoms with Gasteiger partial charge < -0.3 is 19.1 Å². The standard InChI is InChI=1S/C17H21N3O3/c1-21-12-6-7-14(16(9-12)23-3)15-5-4-8-20(15)17-18-10-13(22-2)11-19-17/h6-7,9-11,15H,4-5,8H2,1-3H3. The highest BCUT2D eigenvalue weighted by Gasteiger charge is 2.30. The summed E-state index contributed by atoms with van der Waals surface area (Å²) >= 11 is 0. The quantitative estimate of drug-likeness (QED) is 0.845. The first-order valence-electron chi connectivity index (χ1n) is 7.61. The smallest absolute Gasteiger partial charge is 0.226 e. The first-order chi connectivity index (χ1) is 11.3. The van der Waals surface area contributed by atoms with Crippen molar-refractivity contribution in [3.63, 3.8) is 0 Å². The fraction of sp³-hybridized carbons (Fsp3) is 0.412. The molecule has 0 bridgehead atoms. The van der Waals surface area contributed by atoms with Crippen LogP contribution in [0.5, 0.6) is 17.2 Å². The molecule has 1 fully saturated rings. The van der Waals surface area contributed by atoms with Crippen molar-refractivity contribution in [1.82, 2.24) is 9.97 Å². The van der Waals surface area contributed by atoms with Gasteiger partial charge in [0.05, 0.1) is 39.8 Å². The molecule has 1 aromatic heterocycles. The molecule has 3 rings (SSSR count). The van der Waals surface area contributed by atoms with Crippen molar-refractivity contribution < 1.29 is 14.2 Å². The number of nitrogens with zero attached hydrogens (tertiary/aromatic N) is 3. The molecule has 0 saturated carbocycles. The molecule has 1 saturated heterocycles. The van der Waals surface area contributed by atoms with Crippen LogP contribution in [0.2, 0.25) is 0 Å². The highest BCUT2D eigenvalue weighted by Crippen LogP contribution is 2.40. The topological polar surface area (TPSA) is 56.7 Å². The lowest BCUT2D eigenvalue weighted by molar-refractivity contribution is 0.388. The lowest BCUT2D eigenvalue weighted by atomic mass is 10.0. The van der Waals surface area contributed by atoms with E-state index < -0.39 is 0 Å². The van der Waals surface area contributed by atoms with Crippen molar-refractivity contribution in [3.8, 4) is 17.2 Å². The average Bonchev–Trinajstić information content (AvgIpc) is 3.10. The normalized spacial score (nSPS) is 17.2. The average molecular weight is 315 g/mol. The molecule has 1 aliphatic rings. The number of hydrogen-bond acceptors (Lipinski definition) is 6. The zero-order chi connectivity index (χ0) is 16.2. The summed E-state index contributed by atoms with van der Waals surface area (Å²) in [5.74, 6) is 2.99. The molecule has 0 aliphatic carbocycles. The van der Waals surface area contributed by atoms with Gasteiger partial charge in [-0.2, -0.15) is 0 Å². The summed E-state index contributed by atoms with van der Waals surface area (Å²) in [5.41, 5.74) is 1.13. The number of ether oxygens (including phenoxy) is 3. The van der Waals surface area contributed by atoms with Crippen LogP contribution in [0.1, 0.15) is 24.4 Å². The summed E-state index contributed by atoms with van der Waals surface area (Å²) in [6, 6.07) is 6.14. The van der Waals surface area contributed by atoms with Crippen LogP contribution >= 0.6 is 0 Å². The van der Waals surface area contributed by atoms with Gasteiger partial charge >= 0.3 is 0 Å².